The number of morpholine rings is 1. The number of fused-ring (bicyclic) bond motifs is 2. The van der Waals surface area contributed by atoms with E-state index in [1.54, 1.807) is 0 Å². The van der Waals surface area contributed by atoms with Crippen molar-refractivity contribution >= 4 is 5.91 Å². The number of carbonyl (C=O) groups excluding carboxylic acids is 1. The van der Waals surface area contributed by atoms with E-state index in [4.69, 9.17) is 4.74 Å². The summed E-state index contributed by atoms with van der Waals surface area (Å²) in [6.07, 6.45) is 3.39. The van der Waals surface area contributed by atoms with Crippen LogP contribution in [0.15, 0.2) is 0 Å². The lowest BCUT2D eigenvalue weighted by molar-refractivity contribution is -0.149. The van der Waals surface area contributed by atoms with Crippen LogP contribution in [-0.2, 0) is 9.53 Å². The number of hydrogen-bond donors (Lipinski definition) is 0. The maximum atomic E-state index is 12.8. The fourth-order valence-corrected chi connectivity index (χ4v) is 4.28. The zero-order chi connectivity index (χ0) is 15.0. The van der Waals surface area contributed by atoms with Crippen molar-refractivity contribution in [3.63, 3.8) is 0 Å². The molecular formula is C16H29N3O2. The van der Waals surface area contributed by atoms with Crippen molar-refractivity contribution in [3.05, 3.63) is 0 Å². The smallest absolute Gasteiger partial charge is 0.253 e. The molecule has 5 nitrogen and oxygen atoms in total. The number of likely N-dealkylation sites (N-methyl/N-ethyl adjacent to an activating group) is 1. The Morgan fingerprint density at radius 3 is 2.57 bits per heavy atom. The van der Waals surface area contributed by atoms with Gasteiger partial charge in [-0.3, -0.25) is 9.69 Å². The molecule has 0 spiro atoms. The van der Waals surface area contributed by atoms with Crippen LogP contribution in [0.3, 0.4) is 0 Å². The van der Waals surface area contributed by atoms with Crippen molar-refractivity contribution in [2.24, 2.45) is 0 Å². The van der Waals surface area contributed by atoms with E-state index in [0.717, 1.165) is 32.6 Å². The molecule has 0 aromatic heterocycles. The zero-order valence-electron chi connectivity index (χ0n) is 13.6. The summed E-state index contributed by atoms with van der Waals surface area (Å²) in [5.41, 5.74) is 0. The molecule has 3 atom stereocenters. The first-order valence-electron chi connectivity index (χ1n) is 8.42. The average Bonchev–Trinajstić information content (AvgIpc) is 2.73. The molecule has 0 radical (unpaired) electrons. The zero-order valence-corrected chi connectivity index (χ0v) is 13.6. The van der Waals surface area contributed by atoms with Crippen LogP contribution < -0.4 is 0 Å². The van der Waals surface area contributed by atoms with Crippen molar-refractivity contribution in [3.8, 4) is 0 Å². The Morgan fingerprint density at radius 1 is 1.10 bits per heavy atom. The maximum Gasteiger partial charge on any atom is 0.253 e. The highest BCUT2D eigenvalue weighted by Crippen LogP contribution is 2.32. The predicted molar refractivity (Wildman–Crippen MR) is 82.2 cm³/mol. The minimum atomic E-state index is -0.257. The highest BCUT2D eigenvalue weighted by molar-refractivity contribution is 5.81. The number of ether oxygens (including phenoxy) is 1. The lowest BCUT2D eigenvalue weighted by Crippen LogP contribution is -2.52. The summed E-state index contributed by atoms with van der Waals surface area (Å²) in [6, 6.07) is 1.79. The van der Waals surface area contributed by atoms with Crippen LogP contribution in [0.5, 0.6) is 0 Å². The Hall–Kier alpha value is -0.650. The van der Waals surface area contributed by atoms with Gasteiger partial charge in [-0.25, -0.2) is 0 Å². The first kappa shape index (κ1) is 15.3. The van der Waals surface area contributed by atoms with Crippen LogP contribution in [0.25, 0.3) is 0 Å². The van der Waals surface area contributed by atoms with Gasteiger partial charge >= 0.3 is 0 Å². The van der Waals surface area contributed by atoms with Gasteiger partial charge in [-0.2, -0.15) is 0 Å². The largest absolute Gasteiger partial charge is 0.366 e. The van der Waals surface area contributed by atoms with E-state index in [9.17, 15) is 4.79 Å². The Kier molecular flexibility index (Phi) is 4.52. The van der Waals surface area contributed by atoms with Crippen molar-refractivity contribution in [2.75, 3.05) is 39.8 Å². The summed E-state index contributed by atoms with van der Waals surface area (Å²) >= 11 is 0. The monoisotopic (exact) mass is 295 g/mol. The van der Waals surface area contributed by atoms with E-state index >= 15 is 0 Å². The van der Waals surface area contributed by atoms with Gasteiger partial charge in [0.05, 0.1) is 6.61 Å². The molecule has 5 heteroatoms. The number of carbonyl (C=O) groups is 1. The van der Waals surface area contributed by atoms with Gasteiger partial charge in [0.2, 0.25) is 0 Å². The molecule has 0 N–H and O–H groups in total. The first-order valence-corrected chi connectivity index (χ1v) is 8.42. The number of likely N-dealkylation sites (tertiary alicyclic amines) is 1. The second kappa shape index (κ2) is 6.23. The molecule has 0 aromatic carbocycles. The van der Waals surface area contributed by atoms with Gasteiger partial charge in [-0.15, -0.1) is 0 Å². The minimum absolute atomic E-state index is 0.206. The second-order valence-corrected chi connectivity index (χ2v) is 7.12. The molecule has 3 heterocycles. The Balaban J connectivity index is 1.66. The van der Waals surface area contributed by atoms with E-state index in [1.807, 2.05) is 0 Å². The highest BCUT2D eigenvalue weighted by Gasteiger charge is 2.41. The molecule has 0 aliphatic carbocycles. The topological polar surface area (TPSA) is 36.0 Å². The molecule has 1 amide bonds. The van der Waals surface area contributed by atoms with Gasteiger partial charge in [0.1, 0.15) is 6.10 Å². The van der Waals surface area contributed by atoms with Crippen LogP contribution >= 0.6 is 0 Å². The van der Waals surface area contributed by atoms with E-state index in [2.05, 4.69) is 35.6 Å². The molecule has 3 fully saturated rings. The second-order valence-electron chi connectivity index (χ2n) is 7.12. The van der Waals surface area contributed by atoms with Gasteiger partial charge < -0.3 is 14.5 Å². The number of amides is 1. The standard InChI is InChI=1S/C16H29N3O2/c1-12(2)19-13-4-5-14(19)10-18(7-6-13)16(20)15-11-17(3)8-9-21-15/h12-15H,4-11H2,1-3H3. The molecule has 3 aliphatic rings. The van der Waals surface area contributed by atoms with E-state index < -0.39 is 0 Å². The summed E-state index contributed by atoms with van der Waals surface area (Å²) in [7, 11) is 2.06. The highest BCUT2D eigenvalue weighted by atomic mass is 16.5. The molecule has 21 heavy (non-hydrogen) atoms. The molecule has 120 valence electrons. The molecule has 3 saturated heterocycles. The van der Waals surface area contributed by atoms with Crippen LogP contribution in [0.4, 0.5) is 0 Å². The third kappa shape index (κ3) is 3.10. The summed E-state index contributed by atoms with van der Waals surface area (Å²) in [6.45, 7) is 8.67. The van der Waals surface area contributed by atoms with E-state index in [0.29, 0.717) is 24.7 Å². The van der Waals surface area contributed by atoms with E-state index in [1.165, 1.54) is 12.8 Å². The molecule has 2 bridgehead atoms. The quantitative estimate of drug-likeness (QED) is 0.755. The molecule has 3 rings (SSSR count). The molecule has 0 saturated carbocycles. The van der Waals surface area contributed by atoms with Crippen molar-refractivity contribution in [1.82, 2.24) is 14.7 Å². The fourth-order valence-electron chi connectivity index (χ4n) is 4.28. The first-order chi connectivity index (χ1) is 10.1. The van der Waals surface area contributed by atoms with Crippen LogP contribution in [0, 0.1) is 0 Å². The minimum Gasteiger partial charge on any atom is -0.366 e. The maximum absolute atomic E-state index is 12.8. The average molecular weight is 295 g/mol. The van der Waals surface area contributed by atoms with Crippen LogP contribution in [0.2, 0.25) is 0 Å². The van der Waals surface area contributed by atoms with Crippen LogP contribution in [0.1, 0.15) is 33.1 Å². The molecular weight excluding hydrogens is 266 g/mol. The number of hydrogen-bond acceptors (Lipinski definition) is 4. The molecule has 0 aromatic rings. The summed E-state index contributed by atoms with van der Waals surface area (Å²) in [5.74, 6) is 0.206. The lowest BCUT2D eigenvalue weighted by atomic mass is 10.1. The number of nitrogens with zero attached hydrogens (tertiary/aromatic N) is 3. The summed E-state index contributed by atoms with van der Waals surface area (Å²) in [5, 5.41) is 0. The molecule has 3 unspecified atom stereocenters. The van der Waals surface area contributed by atoms with Gasteiger partial charge in [0, 0.05) is 44.3 Å². The Bertz CT molecular complexity index is 388. The van der Waals surface area contributed by atoms with E-state index in [-0.39, 0.29) is 12.0 Å². The van der Waals surface area contributed by atoms with Gasteiger partial charge in [0.15, 0.2) is 0 Å². The summed E-state index contributed by atoms with van der Waals surface area (Å²) < 4.78 is 5.71. The number of rotatable bonds is 2. The fraction of sp³-hybridized carbons (Fsp3) is 0.938. The van der Waals surface area contributed by atoms with Crippen molar-refractivity contribution < 1.29 is 9.53 Å². The predicted octanol–water partition coefficient (Wildman–Crippen LogP) is 0.791. The van der Waals surface area contributed by atoms with Gasteiger partial charge in [-0.1, -0.05) is 0 Å². The van der Waals surface area contributed by atoms with Crippen molar-refractivity contribution in [1.29, 1.82) is 0 Å². The Morgan fingerprint density at radius 2 is 1.86 bits per heavy atom. The van der Waals surface area contributed by atoms with Gasteiger partial charge in [0.25, 0.3) is 5.91 Å². The Labute approximate surface area is 128 Å². The third-order valence-corrected chi connectivity index (χ3v) is 5.29. The molecule has 3 aliphatic heterocycles. The summed E-state index contributed by atoms with van der Waals surface area (Å²) in [4.78, 5) is 19.7. The van der Waals surface area contributed by atoms with Crippen molar-refractivity contribution in [2.45, 2.75) is 57.3 Å². The SMILES string of the molecule is CC(C)N1C2CCC1CN(C(=O)C1CN(C)CCO1)CC2. The normalized spacial score (nSPS) is 35.2. The van der Waals surface area contributed by atoms with Crippen LogP contribution in [-0.4, -0.2) is 84.7 Å². The third-order valence-electron chi connectivity index (χ3n) is 5.29. The van der Waals surface area contributed by atoms with Gasteiger partial charge in [-0.05, 0) is 40.2 Å². The lowest BCUT2D eigenvalue weighted by Gasteiger charge is -2.35.